The van der Waals surface area contributed by atoms with Gasteiger partial charge in [0.25, 0.3) is 0 Å². The Morgan fingerprint density at radius 2 is 2.06 bits per heavy atom. The topological polar surface area (TPSA) is 48.1 Å². The number of fused-ring (bicyclic) bond motifs is 1. The van der Waals surface area contributed by atoms with Crippen LogP contribution in [-0.2, 0) is 5.54 Å². The molecule has 1 aromatic heterocycles. The molecule has 0 aliphatic heterocycles. The van der Waals surface area contributed by atoms with Crippen LogP contribution in [0.5, 0.6) is 5.75 Å². The first-order valence-electron chi connectivity index (χ1n) is 5.46. The number of aromatic nitrogens is 1. The minimum absolute atomic E-state index is 0.201. The molecule has 3 heteroatoms. The minimum Gasteiger partial charge on any atom is -0.495 e. The molecule has 0 saturated heterocycles. The van der Waals surface area contributed by atoms with Gasteiger partial charge < -0.3 is 10.5 Å². The summed E-state index contributed by atoms with van der Waals surface area (Å²) in [5, 5.41) is 1.11. The summed E-state index contributed by atoms with van der Waals surface area (Å²) in [5.74, 6) is 0.804. The summed E-state index contributed by atoms with van der Waals surface area (Å²) in [6.45, 7) is 0. The predicted octanol–water partition coefficient (Wildman–Crippen LogP) is 2.19. The van der Waals surface area contributed by atoms with Gasteiger partial charge in [0.15, 0.2) is 0 Å². The zero-order valence-corrected chi connectivity index (χ0v) is 9.23. The summed E-state index contributed by atoms with van der Waals surface area (Å²) >= 11 is 0. The molecular formula is C13H14N2O. The Morgan fingerprint density at radius 3 is 2.75 bits per heavy atom. The second kappa shape index (κ2) is 3.19. The lowest BCUT2D eigenvalue weighted by Gasteiger charge is -2.16. The minimum atomic E-state index is -0.201. The molecule has 0 unspecified atom stereocenters. The fraction of sp³-hybridized carbons (Fsp3) is 0.308. The molecule has 0 spiro atoms. The second-order valence-electron chi connectivity index (χ2n) is 4.37. The van der Waals surface area contributed by atoms with Crippen LogP contribution in [0, 0.1) is 0 Å². The van der Waals surface area contributed by atoms with E-state index in [1.807, 2.05) is 18.2 Å². The van der Waals surface area contributed by atoms with Gasteiger partial charge in [0.2, 0.25) is 0 Å². The van der Waals surface area contributed by atoms with Gasteiger partial charge in [-0.3, -0.25) is 4.98 Å². The van der Waals surface area contributed by atoms with Crippen molar-refractivity contribution in [2.75, 3.05) is 7.11 Å². The summed E-state index contributed by atoms with van der Waals surface area (Å²) < 4.78 is 5.38. The van der Waals surface area contributed by atoms with E-state index in [2.05, 4.69) is 11.1 Å². The van der Waals surface area contributed by atoms with Crippen LogP contribution in [0.3, 0.4) is 0 Å². The molecule has 16 heavy (non-hydrogen) atoms. The molecule has 2 N–H and O–H groups in total. The summed E-state index contributed by atoms with van der Waals surface area (Å²) in [7, 11) is 1.67. The molecular weight excluding hydrogens is 200 g/mol. The molecule has 1 fully saturated rings. The van der Waals surface area contributed by atoms with Crippen molar-refractivity contribution in [3.05, 3.63) is 36.0 Å². The Balaban J connectivity index is 2.35. The van der Waals surface area contributed by atoms with Crippen LogP contribution >= 0.6 is 0 Å². The first kappa shape index (κ1) is 9.60. The smallest absolute Gasteiger partial charge is 0.142 e. The lowest BCUT2D eigenvalue weighted by atomic mass is 10.00. The monoisotopic (exact) mass is 214 g/mol. The van der Waals surface area contributed by atoms with Crippen LogP contribution < -0.4 is 10.5 Å². The first-order chi connectivity index (χ1) is 7.74. The van der Waals surface area contributed by atoms with Gasteiger partial charge in [-0.05, 0) is 18.9 Å². The number of benzene rings is 1. The molecule has 2 aromatic rings. The third-order valence-electron chi connectivity index (χ3n) is 3.25. The van der Waals surface area contributed by atoms with Crippen LogP contribution in [0.15, 0.2) is 30.5 Å². The van der Waals surface area contributed by atoms with Gasteiger partial charge >= 0.3 is 0 Å². The van der Waals surface area contributed by atoms with Crippen molar-refractivity contribution in [2.45, 2.75) is 18.4 Å². The van der Waals surface area contributed by atoms with Gasteiger partial charge in [-0.15, -0.1) is 0 Å². The summed E-state index contributed by atoms with van der Waals surface area (Å²) in [4.78, 5) is 4.37. The van der Waals surface area contributed by atoms with E-state index < -0.39 is 0 Å². The number of nitrogens with zero attached hydrogens (tertiary/aromatic N) is 1. The van der Waals surface area contributed by atoms with Crippen LogP contribution in [-0.4, -0.2) is 12.1 Å². The fourth-order valence-corrected chi connectivity index (χ4v) is 2.18. The van der Waals surface area contributed by atoms with Crippen molar-refractivity contribution in [2.24, 2.45) is 5.73 Å². The van der Waals surface area contributed by atoms with E-state index in [-0.39, 0.29) is 5.54 Å². The third-order valence-corrected chi connectivity index (χ3v) is 3.25. The van der Waals surface area contributed by atoms with Gasteiger partial charge in [0.05, 0.1) is 18.8 Å². The van der Waals surface area contributed by atoms with E-state index >= 15 is 0 Å². The van der Waals surface area contributed by atoms with Crippen molar-refractivity contribution in [1.82, 2.24) is 4.98 Å². The molecule has 0 radical (unpaired) electrons. The fourth-order valence-electron chi connectivity index (χ4n) is 2.18. The molecule has 1 saturated carbocycles. The molecule has 0 atom stereocenters. The second-order valence-corrected chi connectivity index (χ2v) is 4.37. The van der Waals surface area contributed by atoms with Crippen LogP contribution in [0.4, 0.5) is 0 Å². The number of methoxy groups -OCH3 is 1. The van der Waals surface area contributed by atoms with Crippen molar-refractivity contribution in [1.29, 1.82) is 0 Å². The average Bonchev–Trinajstić information content (AvgIpc) is 3.06. The highest BCUT2D eigenvalue weighted by Crippen LogP contribution is 2.48. The van der Waals surface area contributed by atoms with E-state index in [0.717, 1.165) is 35.1 Å². The Bertz CT molecular complexity index is 547. The summed E-state index contributed by atoms with van der Waals surface area (Å²) in [6.07, 6.45) is 3.82. The molecule has 1 aromatic carbocycles. The Labute approximate surface area is 94.2 Å². The molecule has 0 amide bonds. The van der Waals surface area contributed by atoms with E-state index in [0.29, 0.717) is 0 Å². The maximum atomic E-state index is 6.30. The van der Waals surface area contributed by atoms with E-state index in [9.17, 15) is 0 Å². The normalized spacial score (nSPS) is 17.4. The maximum Gasteiger partial charge on any atom is 0.142 e. The number of nitrogens with two attached hydrogens (primary N) is 1. The molecule has 0 bridgehead atoms. The Kier molecular flexibility index (Phi) is 1.91. The number of para-hydroxylation sites is 1. The highest BCUT2D eigenvalue weighted by atomic mass is 16.5. The zero-order valence-electron chi connectivity index (χ0n) is 9.23. The summed E-state index contributed by atoms with van der Waals surface area (Å²) in [6, 6.07) is 8.07. The average molecular weight is 214 g/mol. The zero-order chi connectivity index (χ0) is 11.2. The number of rotatable bonds is 2. The van der Waals surface area contributed by atoms with Crippen LogP contribution in [0.25, 0.3) is 10.9 Å². The van der Waals surface area contributed by atoms with Crippen molar-refractivity contribution in [3.63, 3.8) is 0 Å². The third kappa shape index (κ3) is 1.28. The van der Waals surface area contributed by atoms with Gasteiger partial charge in [0, 0.05) is 16.5 Å². The maximum absolute atomic E-state index is 6.30. The van der Waals surface area contributed by atoms with E-state index in [4.69, 9.17) is 10.5 Å². The predicted molar refractivity (Wildman–Crippen MR) is 63.4 cm³/mol. The van der Waals surface area contributed by atoms with Crippen molar-refractivity contribution in [3.8, 4) is 5.75 Å². The van der Waals surface area contributed by atoms with Crippen molar-refractivity contribution >= 4 is 10.9 Å². The number of ether oxygens (including phenoxy) is 1. The largest absolute Gasteiger partial charge is 0.495 e. The lowest BCUT2D eigenvalue weighted by molar-refractivity contribution is 0.404. The quantitative estimate of drug-likeness (QED) is 0.833. The molecule has 1 heterocycles. The van der Waals surface area contributed by atoms with Crippen LogP contribution in [0.1, 0.15) is 18.4 Å². The molecule has 3 nitrogen and oxygen atoms in total. The molecule has 1 aliphatic rings. The SMILES string of the molecule is COc1cnc2ccccc2c1C1(N)CC1. The Hall–Kier alpha value is -1.61. The Morgan fingerprint density at radius 1 is 1.31 bits per heavy atom. The van der Waals surface area contributed by atoms with E-state index in [1.165, 1.54) is 0 Å². The number of hydrogen-bond donors (Lipinski definition) is 1. The lowest BCUT2D eigenvalue weighted by Crippen LogP contribution is -2.20. The van der Waals surface area contributed by atoms with Gasteiger partial charge in [-0.25, -0.2) is 0 Å². The molecule has 1 aliphatic carbocycles. The summed E-state index contributed by atoms with van der Waals surface area (Å²) in [5.41, 5.74) is 8.20. The first-order valence-corrected chi connectivity index (χ1v) is 5.46. The van der Waals surface area contributed by atoms with Crippen LogP contribution in [0.2, 0.25) is 0 Å². The van der Waals surface area contributed by atoms with Crippen molar-refractivity contribution < 1.29 is 4.74 Å². The number of hydrogen-bond acceptors (Lipinski definition) is 3. The number of pyridine rings is 1. The van der Waals surface area contributed by atoms with Gasteiger partial charge in [0.1, 0.15) is 5.75 Å². The molecule has 3 rings (SSSR count). The van der Waals surface area contributed by atoms with E-state index in [1.54, 1.807) is 13.3 Å². The standard InChI is InChI=1S/C13H14N2O/c1-16-11-8-15-10-5-3-2-4-9(10)12(11)13(14)6-7-13/h2-5,8H,6-7,14H2,1H3. The molecule has 82 valence electrons. The van der Waals surface area contributed by atoms with Gasteiger partial charge in [-0.1, -0.05) is 18.2 Å². The highest BCUT2D eigenvalue weighted by molar-refractivity contribution is 5.85. The van der Waals surface area contributed by atoms with Gasteiger partial charge in [-0.2, -0.15) is 0 Å². The highest BCUT2D eigenvalue weighted by Gasteiger charge is 2.43.